The van der Waals surface area contributed by atoms with Gasteiger partial charge in [0.15, 0.2) is 0 Å². The van der Waals surface area contributed by atoms with Crippen LogP contribution in [0, 0.1) is 6.92 Å². The lowest BCUT2D eigenvalue weighted by Gasteiger charge is -2.34. The summed E-state index contributed by atoms with van der Waals surface area (Å²) in [7, 11) is -4.22. The summed E-state index contributed by atoms with van der Waals surface area (Å²) in [5.74, 6) is -0.879. The fourth-order valence-corrected chi connectivity index (χ4v) is 6.65. The van der Waals surface area contributed by atoms with Crippen LogP contribution < -0.4 is 9.62 Å². The van der Waals surface area contributed by atoms with E-state index in [0.29, 0.717) is 22.0 Å². The maximum absolute atomic E-state index is 14.5. The van der Waals surface area contributed by atoms with Gasteiger partial charge in [0.1, 0.15) is 12.6 Å². The third-order valence-corrected chi connectivity index (χ3v) is 9.85. The Morgan fingerprint density at radius 1 is 0.822 bits per heavy atom. The van der Waals surface area contributed by atoms with Gasteiger partial charge in [-0.15, -0.1) is 0 Å². The number of rotatable bonds is 13. The van der Waals surface area contributed by atoms with E-state index in [-0.39, 0.29) is 35.5 Å². The average Bonchev–Trinajstić information content (AvgIpc) is 3.04. The summed E-state index contributed by atoms with van der Waals surface area (Å²) >= 11 is 12.5. The van der Waals surface area contributed by atoms with Crippen LogP contribution in [-0.2, 0) is 32.6 Å². The molecule has 10 heteroatoms. The molecule has 0 saturated carbocycles. The summed E-state index contributed by atoms with van der Waals surface area (Å²) in [6, 6.07) is 28.2. The summed E-state index contributed by atoms with van der Waals surface area (Å²) in [6.07, 6.45) is 0.927. The molecule has 4 aromatic rings. The van der Waals surface area contributed by atoms with E-state index in [1.54, 1.807) is 61.5 Å². The van der Waals surface area contributed by atoms with E-state index in [1.165, 1.54) is 23.1 Å². The number of halogens is 2. The van der Waals surface area contributed by atoms with Crippen LogP contribution in [-0.4, -0.2) is 43.8 Å². The molecular formula is C35H37Cl2N3O4S. The zero-order chi connectivity index (χ0) is 32.6. The lowest BCUT2D eigenvalue weighted by Crippen LogP contribution is -2.54. The van der Waals surface area contributed by atoms with Crippen LogP contribution in [0.25, 0.3) is 0 Å². The molecule has 0 aliphatic rings. The van der Waals surface area contributed by atoms with Gasteiger partial charge in [0.05, 0.1) is 10.6 Å². The topological polar surface area (TPSA) is 86.8 Å². The maximum Gasteiger partial charge on any atom is 0.264 e. The first-order valence-electron chi connectivity index (χ1n) is 14.7. The molecule has 7 nitrogen and oxygen atoms in total. The fourth-order valence-electron chi connectivity index (χ4n) is 4.87. The van der Waals surface area contributed by atoms with Gasteiger partial charge in [0, 0.05) is 29.1 Å². The molecule has 2 atom stereocenters. The second-order valence-corrected chi connectivity index (χ2v) is 13.7. The van der Waals surface area contributed by atoms with Crippen molar-refractivity contribution in [3.05, 3.63) is 130 Å². The third kappa shape index (κ3) is 8.87. The van der Waals surface area contributed by atoms with E-state index in [0.717, 1.165) is 15.4 Å². The van der Waals surface area contributed by atoms with Crippen LogP contribution in [0.3, 0.4) is 0 Å². The molecule has 0 unspecified atom stereocenters. The number of sulfonamides is 1. The molecular weight excluding hydrogens is 629 g/mol. The second-order valence-electron chi connectivity index (χ2n) is 10.9. The number of hydrogen-bond acceptors (Lipinski definition) is 4. The second kappa shape index (κ2) is 15.4. The molecule has 0 radical (unpaired) electrons. The SMILES string of the molecule is CC[C@@H](C)NC(=O)[C@H](Cc1ccccc1)N(Cc1ccc(Cl)cc1)C(=O)CN(c1cc(Cl)ccc1C)S(=O)(=O)c1ccccc1. The van der Waals surface area contributed by atoms with Crippen molar-refractivity contribution in [2.75, 3.05) is 10.8 Å². The third-order valence-electron chi connectivity index (χ3n) is 7.59. The van der Waals surface area contributed by atoms with E-state index in [4.69, 9.17) is 23.2 Å². The zero-order valence-electron chi connectivity index (χ0n) is 25.5. The van der Waals surface area contributed by atoms with E-state index >= 15 is 0 Å². The van der Waals surface area contributed by atoms with Gasteiger partial charge >= 0.3 is 0 Å². The van der Waals surface area contributed by atoms with Gasteiger partial charge in [-0.05, 0) is 73.4 Å². The van der Waals surface area contributed by atoms with Crippen LogP contribution >= 0.6 is 23.2 Å². The van der Waals surface area contributed by atoms with Crippen molar-refractivity contribution in [3.63, 3.8) is 0 Å². The number of carbonyl (C=O) groups excluding carboxylic acids is 2. The normalized spacial score (nSPS) is 12.6. The Kier molecular flexibility index (Phi) is 11.7. The molecule has 0 spiro atoms. The first-order chi connectivity index (χ1) is 21.5. The highest BCUT2D eigenvalue weighted by atomic mass is 35.5. The van der Waals surface area contributed by atoms with E-state index in [1.807, 2.05) is 44.2 Å². The quantitative estimate of drug-likeness (QED) is 0.166. The van der Waals surface area contributed by atoms with Gasteiger partial charge in [-0.1, -0.05) is 96.9 Å². The Hall–Kier alpha value is -3.85. The summed E-state index contributed by atoms with van der Waals surface area (Å²) in [6.45, 7) is 5.11. The van der Waals surface area contributed by atoms with Gasteiger partial charge in [-0.2, -0.15) is 0 Å². The molecule has 0 aliphatic carbocycles. The number of nitrogens with one attached hydrogen (secondary N) is 1. The molecule has 1 N–H and O–H groups in total. The summed E-state index contributed by atoms with van der Waals surface area (Å²) in [5.41, 5.74) is 2.48. The Bertz CT molecular complexity index is 1700. The molecule has 0 bridgehead atoms. The van der Waals surface area contributed by atoms with E-state index in [9.17, 15) is 18.0 Å². The van der Waals surface area contributed by atoms with Crippen molar-refractivity contribution >= 4 is 50.7 Å². The number of amides is 2. The molecule has 236 valence electrons. The van der Waals surface area contributed by atoms with Crippen molar-refractivity contribution in [1.82, 2.24) is 10.2 Å². The minimum absolute atomic E-state index is 0.0248. The predicted molar refractivity (Wildman–Crippen MR) is 181 cm³/mol. The first kappa shape index (κ1) is 34.0. The van der Waals surface area contributed by atoms with Crippen LogP contribution in [0.4, 0.5) is 5.69 Å². The first-order valence-corrected chi connectivity index (χ1v) is 16.9. The molecule has 0 heterocycles. The predicted octanol–water partition coefficient (Wildman–Crippen LogP) is 7.05. The Morgan fingerprint density at radius 3 is 2.04 bits per heavy atom. The molecule has 0 aromatic heterocycles. The van der Waals surface area contributed by atoms with E-state index < -0.39 is 28.5 Å². The van der Waals surface area contributed by atoms with Crippen molar-refractivity contribution in [2.45, 2.75) is 57.1 Å². The molecule has 45 heavy (non-hydrogen) atoms. The Morgan fingerprint density at radius 2 is 1.42 bits per heavy atom. The van der Waals surface area contributed by atoms with Gasteiger partial charge in [-0.3, -0.25) is 13.9 Å². The molecule has 2 amide bonds. The minimum atomic E-state index is -4.22. The van der Waals surface area contributed by atoms with Crippen LogP contribution in [0.1, 0.15) is 37.0 Å². The van der Waals surface area contributed by atoms with Crippen LogP contribution in [0.5, 0.6) is 0 Å². The summed E-state index contributed by atoms with van der Waals surface area (Å²) in [5, 5.41) is 3.89. The number of nitrogens with zero attached hydrogens (tertiary/aromatic N) is 2. The van der Waals surface area contributed by atoms with Crippen molar-refractivity contribution in [2.24, 2.45) is 0 Å². The standard InChI is InChI=1S/C35H37Cl2N3O4S/c1-4-26(3)38-35(42)33(21-27-11-7-5-8-12-27)39(23-28-16-19-29(36)20-17-28)34(41)24-40(32-22-30(37)18-15-25(32)2)45(43,44)31-13-9-6-10-14-31/h5-20,22,26,33H,4,21,23-24H2,1-3H3,(H,38,42)/t26-,33+/m1/s1. The van der Waals surface area contributed by atoms with Crippen molar-refractivity contribution < 1.29 is 18.0 Å². The maximum atomic E-state index is 14.5. The van der Waals surface area contributed by atoms with Crippen molar-refractivity contribution in [1.29, 1.82) is 0 Å². The van der Waals surface area contributed by atoms with Crippen LogP contribution in [0.2, 0.25) is 10.0 Å². The lowest BCUT2D eigenvalue weighted by atomic mass is 10.0. The van der Waals surface area contributed by atoms with Gasteiger partial charge < -0.3 is 10.2 Å². The van der Waals surface area contributed by atoms with E-state index in [2.05, 4.69) is 5.32 Å². The highest BCUT2D eigenvalue weighted by Crippen LogP contribution is 2.30. The molecule has 4 aromatic carbocycles. The number of anilines is 1. The molecule has 4 rings (SSSR count). The molecule has 0 fully saturated rings. The van der Waals surface area contributed by atoms with Crippen LogP contribution in [0.15, 0.2) is 108 Å². The Balaban J connectivity index is 1.83. The number of aryl methyl sites for hydroxylation is 1. The highest BCUT2D eigenvalue weighted by molar-refractivity contribution is 7.92. The largest absolute Gasteiger partial charge is 0.352 e. The smallest absolute Gasteiger partial charge is 0.264 e. The highest BCUT2D eigenvalue weighted by Gasteiger charge is 2.35. The number of hydrogen-bond donors (Lipinski definition) is 1. The minimum Gasteiger partial charge on any atom is -0.352 e. The fraction of sp³-hybridized carbons (Fsp3) is 0.257. The lowest BCUT2D eigenvalue weighted by molar-refractivity contribution is -0.140. The number of carbonyl (C=O) groups is 2. The van der Waals surface area contributed by atoms with Gasteiger partial charge in [-0.25, -0.2) is 8.42 Å². The van der Waals surface area contributed by atoms with Crippen molar-refractivity contribution in [3.8, 4) is 0 Å². The summed E-state index contributed by atoms with van der Waals surface area (Å²) < 4.78 is 29.4. The van der Waals surface area contributed by atoms with Gasteiger partial charge in [0.25, 0.3) is 10.0 Å². The monoisotopic (exact) mass is 665 g/mol. The summed E-state index contributed by atoms with van der Waals surface area (Å²) in [4.78, 5) is 29.9. The van der Waals surface area contributed by atoms with Gasteiger partial charge in [0.2, 0.25) is 11.8 Å². The molecule has 0 saturated heterocycles. The number of benzene rings is 4. The Labute approximate surface area is 275 Å². The average molecular weight is 667 g/mol. The molecule has 0 aliphatic heterocycles. The zero-order valence-corrected chi connectivity index (χ0v) is 27.8.